The summed E-state index contributed by atoms with van der Waals surface area (Å²) in [6, 6.07) is 0. The van der Waals surface area contributed by atoms with E-state index >= 15 is 0 Å². The Hall–Kier alpha value is 0.210. The summed E-state index contributed by atoms with van der Waals surface area (Å²) < 4.78 is 0. The summed E-state index contributed by atoms with van der Waals surface area (Å²) in [7, 11) is 2.24. The average molecular weight is 319 g/mol. The second kappa shape index (κ2) is 8.00. The molecular weight excluding hydrogens is 291 g/mol. The van der Waals surface area contributed by atoms with Crippen LogP contribution >= 0.6 is 23.2 Å². The van der Waals surface area contributed by atoms with Gasteiger partial charge in [-0.3, -0.25) is 0 Å². The van der Waals surface area contributed by atoms with Gasteiger partial charge < -0.3 is 9.89 Å². The molecule has 116 valence electrons. The SMILES string of the molecule is C=NCC(CC1CCCN(C)C1)C1CCC(Cl)C(Cl)C1. The topological polar surface area (TPSA) is 15.6 Å². The first kappa shape index (κ1) is 16.6. The lowest BCUT2D eigenvalue weighted by atomic mass is 9.75. The van der Waals surface area contributed by atoms with Crippen LogP contribution in [-0.2, 0) is 0 Å². The van der Waals surface area contributed by atoms with Gasteiger partial charge in [0, 0.05) is 18.5 Å². The van der Waals surface area contributed by atoms with Crippen LogP contribution in [0, 0.1) is 17.8 Å². The molecule has 5 atom stereocenters. The largest absolute Gasteiger partial charge is 0.306 e. The summed E-state index contributed by atoms with van der Waals surface area (Å²) >= 11 is 12.6. The zero-order valence-electron chi connectivity index (χ0n) is 12.6. The maximum atomic E-state index is 6.39. The van der Waals surface area contributed by atoms with Crippen LogP contribution < -0.4 is 0 Å². The third-order valence-corrected chi connectivity index (χ3v) is 6.26. The highest BCUT2D eigenvalue weighted by molar-refractivity contribution is 6.30. The second-order valence-corrected chi connectivity index (χ2v) is 7.90. The van der Waals surface area contributed by atoms with Crippen molar-refractivity contribution in [1.29, 1.82) is 0 Å². The molecule has 0 spiro atoms. The van der Waals surface area contributed by atoms with E-state index in [0.717, 1.165) is 25.3 Å². The molecule has 0 radical (unpaired) electrons. The standard InChI is InChI=1S/C16H28Cl2N2/c1-19-10-14(8-12-4-3-7-20(2)11-12)13-5-6-15(17)16(18)9-13/h12-16H,1,3-11H2,2H3. The summed E-state index contributed by atoms with van der Waals surface area (Å²) in [5, 5.41) is 0.294. The highest BCUT2D eigenvalue weighted by atomic mass is 35.5. The summed E-state index contributed by atoms with van der Waals surface area (Å²) in [5.41, 5.74) is 0. The molecule has 1 saturated carbocycles. The lowest BCUT2D eigenvalue weighted by Gasteiger charge is -2.37. The minimum Gasteiger partial charge on any atom is -0.306 e. The van der Waals surface area contributed by atoms with Crippen LogP contribution in [0.4, 0.5) is 0 Å². The van der Waals surface area contributed by atoms with Gasteiger partial charge in [-0.05, 0) is 76.6 Å². The maximum absolute atomic E-state index is 6.39. The molecule has 0 N–H and O–H groups in total. The van der Waals surface area contributed by atoms with Crippen molar-refractivity contribution in [3.05, 3.63) is 0 Å². The van der Waals surface area contributed by atoms with Crippen molar-refractivity contribution in [1.82, 2.24) is 4.90 Å². The van der Waals surface area contributed by atoms with Crippen LogP contribution in [0.25, 0.3) is 0 Å². The Morgan fingerprint density at radius 1 is 1.25 bits per heavy atom. The Bertz CT molecular complexity index is 311. The summed E-state index contributed by atoms with van der Waals surface area (Å²) in [5.74, 6) is 2.16. The Morgan fingerprint density at radius 3 is 2.70 bits per heavy atom. The Balaban J connectivity index is 1.90. The Labute approximate surface area is 133 Å². The minimum atomic E-state index is 0.136. The molecule has 0 bridgehead atoms. The third-order valence-electron chi connectivity index (χ3n) is 5.12. The van der Waals surface area contributed by atoms with E-state index in [0.29, 0.717) is 11.8 Å². The lowest BCUT2D eigenvalue weighted by Crippen LogP contribution is -2.36. The smallest absolute Gasteiger partial charge is 0.0502 e. The van der Waals surface area contributed by atoms with E-state index < -0.39 is 0 Å². The van der Waals surface area contributed by atoms with Crippen LogP contribution in [0.5, 0.6) is 0 Å². The van der Waals surface area contributed by atoms with Crippen LogP contribution in [0.3, 0.4) is 0 Å². The van der Waals surface area contributed by atoms with Gasteiger partial charge in [0.1, 0.15) is 0 Å². The first-order chi connectivity index (χ1) is 9.60. The molecule has 0 aromatic rings. The van der Waals surface area contributed by atoms with E-state index in [1.807, 2.05) is 0 Å². The van der Waals surface area contributed by atoms with E-state index in [4.69, 9.17) is 23.2 Å². The van der Waals surface area contributed by atoms with Gasteiger partial charge >= 0.3 is 0 Å². The van der Waals surface area contributed by atoms with Gasteiger partial charge in [-0.2, -0.15) is 0 Å². The molecule has 1 aliphatic carbocycles. The summed E-state index contributed by atoms with van der Waals surface area (Å²) in [6.45, 7) is 7.10. The Kier molecular flexibility index (Phi) is 6.64. The van der Waals surface area contributed by atoms with Crippen molar-refractivity contribution in [2.75, 3.05) is 26.7 Å². The van der Waals surface area contributed by atoms with E-state index in [1.54, 1.807) is 0 Å². The number of likely N-dealkylation sites (tertiary alicyclic amines) is 1. The van der Waals surface area contributed by atoms with Crippen LogP contribution in [0.15, 0.2) is 4.99 Å². The van der Waals surface area contributed by atoms with Crippen LogP contribution in [0.1, 0.15) is 38.5 Å². The maximum Gasteiger partial charge on any atom is 0.0502 e. The number of piperidine rings is 1. The summed E-state index contributed by atoms with van der Waals surface area (Å²) in [4.78, 5) is 6.66. The molecule has 1 aliphatic heterocycles. The van der Waals surface area contributed by atoms with E-state index in [2.05, 4.69) is 23.7 Å². The molecule has 20 heavy (non-hydrogen) atoms. The van der Waals surface area contributed by atoms with Gasteiger partial charge in [-0.1, -0.05) is 0 Å². The number of aliphatic imine (C=N–C) groups is 1. The van der Waals surface area contributed by atoms with Crippen LogP contribution in [-0.4, -0.2) is 49.1 Å². The zero-order chi connectivity index (χ0) is 14.5. The molecule has 2 aliphatic rings. The normalized spacial score (nSPS) is 37.5. The lowest BCUT2D eigenvalue weighted by molar-refractivity contribution is 0.154. The monoisotopic (exact) mass is 318 g/mol. The fourth-order valence-corrected chi connectivity index (χ4v) is 4.60. The van der Waals surface area contributed by atoms with E-state index in [1.165, 1.54) is 38.8 Å². The van der Waals surface area contributed by atoms with E-state index in [9.17, 15) is 0 Å². The first-order valence-corrected chi connectivity index (χ1v) is 8.86. The predicted molar refractivity (Wildman–Crippen MR) is 89.4 cm³/mol. The fraction of sp³-hybridized carbons (Fsp3) is 0.938. The molecule has 0 aromatic carbocycles. The Morgan fingerprint density at radius 2 is 2.05 bits per heavy atom. The van der Waals surface area contributed by atoms with Gasteiger partial charge in [-0.25, -0.2) is 0 Å². The van der Waals surface area contributed by atoms with Gasteiger partial charge in [-0.15, -0.1) is 23.2 Å². The zero-order valence-corrected chi connectivity index (χ0v) is 14.1. The van der Waals surface area contributed by atoms with Crippen molar-refractivity contribution in [3.63, 3.8) is 0 Å². The molecule has 2 fully saturated rings. The van der Waals surface area contributed by atoms with Crippen molar-refractivity contribution in [3.8, 4) is 0 Å². The van der Waals surface area contributed by atoms with Crippen molar-refractivity contribution >= 4 is 29.9 Å². The van der Waals surface area contributed by atoms with Crippen molar-refractivity contribution in [2.45, 2.75) is 49.3 Å². The van der Waals surface area contributed by atoms with E-state index in [-0.39, 0.29) is 10.8 Å². The van der Waals surface area contributed by atoms with Gasteiger partial charge in [0.2, 0.25) is 0 Å². The molecule has 2 nitrogen and oxygen atoms in total. The molecule has 0 aromatic heterocycles. The number of rotatable bonds is 5. The molecule has 5 unspecified atom stereocenters. The van der Waals surface area contributed by atoms with Gasteiger partial charge in [0.15, 0.2) is 0 Å². The van der Waals surface area contributed by atoms with Gasteiger partial charge in [0.25, 0.3) is 0 Å². The molecule has 1 heterocycles. The molecule has 0 amide bonds. The number of nitrogens with zero attached hydrogens (tertiary/aromatic N) is 2. The number of halogens is 2. The highest BCUT2D eigenvalue weighted by Crippen LogP contribution is 2.39. The highest BCUT2D eigenvalue weighted by Gasteiger charge is 2.33. The van der Waals surface area contributed by atoms with Crippen molar-refractivity contribution in [2.24, 2.45) is 22.7 Å². The number of hydrogen-bond donors (Lipinski definition) is 0. The first-order valence-electron chi connectivity index (χ1n) is 7.99. The fourth-order valence-electron chi connectivity index (χ4n) is 4.01. The number of alkyl halides is 2. The van der Waals surface area contributed by atoms with Crippen molar-refractivity contribution < 1.29 is 0 Å². The average Bonchev–Trinajstić information content (AvgIpc) is 2.41. The molecule has 2 rings (SSSR count). The third kappa shape index (κ3) is 4.61. The molecule has 1 saturated heterocycles. The van der Waals surface area contributed by atoms with Crippen LogP contribution in [0.2, 0.25) is 0 Å². The predicted octanol–water partition coefficient (Wildman–Crippen LogP) is 4.05. The molecular formula is C16H28Cl2N2. The quantitative estimate of drug-likeness (QED) is 0.551. The number of hydrogen-bond acceptors (Lipinski definition) is 2. The molecule has 4 heteroatoms. The van der Waals surface area contributed by atoms with Gasteiger partial charge in [0.05, 0.1) is 5.38 Å². The summed E-state index contributed by atoms with van der Waals surface area (Å²) in [6.07, 6.45) is 7.30. The minimum absolute atomic E-state index is 0.136. The second-order valence-electron chi connectivity index (χ2n) is 6.78.